The van der Waals surface area contributed by atoms with Crippen LogP contribution in [-0.4, -0.2) is 43.1 Å². The average molecular weight is 484 g/mol. The minimum absolute atomic E-state index is 0.0105. The number of rotatable bonds is 7. The van der Waals surface area contributed by atoms with Crippen LogP contribution < -0.4 is 5.32 Å². The maximum atomic E-state index is 13.1. The molecule has 174 valence electrons. The van der Waals surface area contributed by atoms with E-state index in [-0.39, 0.29) is 5.78 Å². The molecule has 8 heteroatoms. The lowest BCUT2D eigenvalue weighted by Crippen LogP contribution is -2.40. The van der Waals surface area contributed by atoms with Gasteiger partial charge in [-0.05, 0) is 62.3 Å². The number of benzene rings is 2. The van der Waals surface area contributed by atoms with Gasteiger partial charge in [-0.1, -0.05) is 47.7 Å². The summed E-state index contributed by atoms with van der Waals surface area (Å²) in [5.74, 6) is 0.345. The summed E-state index contributed by atoms with van der Waals surface area (Å²) in [5.41, 5.74) is 3.38. The Bertz CT molecular complexity index is 1260. The largest absolute Gasteiger partial charge is 0.361 e. The second-order valence-corrected chi connectivity index (χ2v) is 11.6. The van der Waals surface area contributed by atoms with Crippen LogP contribution in [-0.2, 0) is 10.0 Å². The quantitative estimate of drug-likeness (QED) is 0.488. The van der Waals surface area contributed by atoms with Crippen molar-refractivity contribution >= 4 is 32.3 Å². The molecule has 6 nitrogen and oxygen atoms in total. The zero-order valence-electron chi connectivity index (χ0n) is 19.2. The van der Waals surface area contributed by atoms with Gasteiger partial charge in [-0.3, -0.25) is 4.79 Å². The monoisotopic (exact) mass is 483 g/mol. The molecule has 2 heterocycles. The summed E-state index contributed by atoms with van der Waals surface area (Å²) in [5, 5.41) is 4.06. The van der Waals surface area contributed by atoms with E-state index in [9.17, 15) is 13.2 Å². The number of carbonyl (C=O) groups excluding carboxylic acids is 1. The first-order valence-corrected chi connectivity index (χ1v) is 13.4. The Morgan fingerprint density at radius 2 is 1.82 bits per heavy atom. The van der Waals surface area contributed by atoms with Crippen molar-refractivity contribution in [2.45, 2.75) is 38.5 Å². The van der Waals surface area contributed by atoms with E-state index in [1.165, 1.54) is 11.3 Å². The van der Waals surface area contributed by atoms with E-state index >= 15 is 0 Å². The molecule has 1 aliphatic rings. The maximum Gasteiger partial charge on any atom is 0.243 e. The molecule has 0 spiro atoms. The predicted octanol–water partition coefficient (Wildman–Crippen LogP) is 4.81. The Labute approximate surface area is 199 Å². The number of anilines is 1. The second-order valence-electron chi connectivity index (χ2n) is 8.67. The van der Waals surface area contributed by atoms with Crippen molar-refractivity contribution < 1.29 is 13.2 Å². The zero-order valence-corrected chi connectivity index (χ0v) is 20.8. The molecular formula is C25H29N3O3S2. The lowest BCUT2D eigenvalue weighted by molar-refractivity contribution is 0.104. The number of carbonyl (C=O) groups is 1. The molecule has 0 amide bonds. The van der Waals surface area contributed by atoms with Gasteiger partial charge in [0.05, 0.1) is 16.0 Å². The Morgan fingerprint density at radius 3 is 2.55 bits per heavy atom. The molecule has 2 aromatic carbocycles. The van der Waals surface area contributed by atoms with Crippen molar-refractivity contribution in [2.75, 3.05) is 25.0 Å². The third-order valence-corrected chi connectivity index (χ3v) is 9.19. The molecule has 3 aromatic rings. The molecule has 1 aromatic heterocycles. The Kier molecular flexibility index (Phi) is 6.97. The minimum atomic E-state index is -3.48. The normalized spacial score (nSPS) is 15.5. The third kappa shape index (κ3) is 5.18. The maximum absolute atomic E-state index is 13.1. The number of thiazole rings is 1. The molecule has 1 fully saturated rings. The molecule has 0 aliphatic carbocycles. The topological polar surface area (TPSA) is 79.4 Å². The van der Waals surface area contributed by atoms with E-state index in [1.54, 1.807) is 16.6 Å². The van der Waals surface area contributed by atoms with Gasteiger partial charge in [0.1, 0.15) is 0 Å². The second kappa shape index (κ2) is 9.75. The van der Waals surface area contributed by atoms with Gasteiger partial charge >= 0.3 is 0 Å². The van der Waals surface area contributed by atoms with Crippen LogP contribution in [0.5, 0.6) is 0 Å². The first kappa shape index (κ1) is 23.6. The van der Waals surface area contributed by atoms with Gasteiger partial charge in [0.2, 0.25) is 15.8 Å². The molecule has 0 radical (unpaired) electrons. The highest BCUT2D eigenvalue weighted by atomic mass is 32.2. The third-order valence-electron chi connectivity index (χ3n) is 6.20. The van der Waals surface area contributed by atoms with E-state index in [1.807, 2.05) is 57.2 Å². The summed E-state index contributed by atoms with van der Waals surface area (Å²) in [6, 6.07) is 13.1. The summed E-state index contributed by atoms with van der Waals surface area (Å²) >= 11 is 1.36. The fourth-order valence-electron chi connectivity index (χ4n) is 4.13. The van der Waals surface area contributed by atoms with Gasteiger partial charge in [0, 0.05) is 25.2 Å². The smallest absolute Gasteiger partial charge is 0.243 e. The molecule has 1 N–H and O–H groups in total. The van der Waals surface area contributed by atoms with Gasteiger partial charge in [-0.25, -0.2) is 13.4 Å². The summed E-state index contributed by atoms with van der Waals surface area (Å²) in [4.78, 5) is 18.1. The predicted molar refractivity (Wildman–Crippen MR) is 133 cm³/mol. The number of ketones is 1. The van der Waals surface area contributed by atoms with Gasteiger partial charge in [-0.2, -0.15) is 4.31 Å². The van der Waals surface area contributed by atoms with Crippen LogP contribution in [0.25, 0.3) is 0 Å². The number of sulfonamides is 1. The minimum Gasteiger partial charge on any atom is -0.361 e. The molecule has 1 saturated heterocycles. The van der Waals surface area contributed by atoms with Crippen LogP contribution in [0.15, 0.2) is 53.6 Å². The van der Waals surface area contributed by atoms with Crippen molar-refractivity contribution in [2.24, 2.45) is 5.92 Å². The fraction of sp³-hybridized carbons (Fsp3) is 0.360. The highest BCUT2D eigenvalue weighted by Crippen LogP contribution is 2.28. The summed E-state index contributed by atoms with van der Waals surface area (Å²) in [6.45, 7) is 7.42. The summed E-state index contributed by atoms with van der Waals surface area (Å²) < 4.78 is 27.9. The molecular weight excluding hydrogens is 454 g/mol. The van der Waals surface area contributed by atoms with E-state index in [4.69, 9.17) is 0 Å². The lowest BCUT2D eigenvalue weighted by Gasteiger charge is -2.31. The Hall–Kier alpha value is -2.55. The van der Waals surface area contributed by atoms with Crippen LogP contribution in [0, 0.1) is 26.7 Å². The number of aryl methyl sites for hydroxylation is 3. The summed E-state index contributed by atoms with van der Waals surface area (Å²) in [6.07, 6.45) is 3.20. The van der Waals surface area contributed by atoms with Crippen molar-refractivity contribution in [3.05, 3.63) is 75.8 Å². The van der Waals surface area contributed by atoms with Crippen LogP contribution in [0.4, 0.5) is 5.13 Å². The van der Waals surface area contributed by atoms with Crippen LogP contribution >= 0.6 is 11.3 Å². The molecule has 1 aliphatic heterocycles. The van der Waals surface area contributed by atoms with Crippen molar-refractivity contribution in [3.8, 4) is 0 Å². The van der Waals surface area contributed by atoms with Gasteiger partial charge in [-0.15, -0.1) is 0 Å². The van der Waals surface area contributed by atoms with E-state index in [0.29, 0.717) is 40.9 Å². The fourth-order valence-corrected chi connectivity index (χ4v) is 6.69. The van der Waals surface area contributed by atoms with Crippen LogP contribution in [0.2, 0.25) is 0 Å². The number of nitrogens with zero attached hydrogens (tertiary/aromatic N) is 2. The number of piperidine rings is 1. The van der Waals surface area contributed by atoms with Crippen molar-refractivity contribution in [1.82, 2.24) is 9.29 Å². The highest BCUT2D eigenvalue weighted by molar-refractivity contribution is 7.89. The molecule has 0 unspecified atom stereocenters. The van der Waals surface area contributed by atoms with Gasteiger partial charge < -0.3 is 5.32 Å². The SMILES string of the molecule is Cc1ccc(C)c(S(=O)(=O)N2CCC(CNc3ncc(C(=O)c4ccccc4C)s3)CC2)c1. The van der Waals surface area contributed by atoms with Crippen molar-refractivity contribution in [3.63, 3.8) is 0 Å². The van der Waals surface area contributed by atoms with Crippen molar-refractivity contribution in [1.29, 1.82) is 0 Å². The summed E-state index contributed by atoms with van der Waals surface area (Å²) in [7, 11) is -3.48. The highest BCUT2D eigenvalue weighted by Gasteiger charge is 2.30. The average Bonchev–Trinajstić information content (AvgIpc) is 3.28. The van der Waals surface area contributed by atoms with E-state index in [2.05, 4.69) is 10.3 Å². The lowest BCUT2D eigenvalue weighted by atomic mass is 9.98. The zero-order chi connectivity index (χ0) is 23.6. The van der Waals surface area contributed by atoms with Gasteiger partial charge in [0.15, 0.2) is 5.13 Å². The van der Waals surface area contributed by atoms with E-state index < -0.39 is 10.0 Å². The number of aromatic nitrogens is 1. The number of hydrogen-bond donors (Lipinski definition) is 1. The first-order chi connectivity index (χ1) is 15.8. The number of hydrogen-bond acceptors (Lipinski definition) is 6. The Morgan fingerprint density at radius 1 is 1.09 bits per heavy atom. The van der Waals surface area contributed by atoms with Crippen LogP contribution in [0.1, 0.15) is 44.8 Å². The Balaban J connectivity index is 1.33. The molecule has 4 rings (SSSR count). The first-order valence-electron chi connectivity index (χ1n) is 11.1. The van der Waals surface area contributed by atoms with Crippen LogP contribution in [0.3, 0.4) is 0 Å². The number of nitrogens with one attached hydrogen (secondary N) is 1. The molecule has 0 atom stereocenters. The standard InChI is InChI=1S/C25H29N3O3S2/c1-17-8-9-19(3)23(14-17)33(30,31)28-12-10-20(11-13-28)15-26-25-27-16-22(32-25)24(29)21-7-5-4-6-18(21)2/h4-9,14,16,20H,10-13,15H2,1-3H3,(H,26,27). The molecule has 0 saturated carbocycles. The molecule has 0 bridgehead atoms. The molecule has 33 heavy (non-hydrogen) atoms. The van der Waals surface area contributed by atoms with E-state index in [0.717, 1.165) is 34.7 Å². The van der Waals surface area contributed by atoms with Gasteiger partial charge in [0.25, 0.3) is 0 Å².